The van der Waals surface area contributed by atoms with Crippen molar-refractivity contribution in [3.8, 4) is 6.07 Å². The Balaban J connectivity index is 3.11. The molecule has 1 aromatic rings. The lowest BCUT2D eigenvalue weighted by molar-refractivity contribution is -0.117. The van der Waals surface area contributed by atoms with Crippen LogP contribution in [0.15, 0.2) is 29.3 Å². The summed E-state index contributed by atoms with van der Waals surface area (Å²) in [6, 6.07) is 6.10. The number of nitrogens with zero attached hydrogens (tertiary/aromatic N) is 2. The molecule has 0 fully saturated rings. The van der Waals surface area contributed by atoms with Crippen LogP contribution in [0.2, 0.25) is 0 Å². The van der Waals surface area contributed by atoms with Gasteiger partial charge in [0.05, 0.1) is 6.07 Å². The van der Waals surface area contributed by atoms with Crippen molar-refractivity contribution in [1.29, 1.82) is 5.26 Å². The number of ketones is 1. The van der Waals surface area contributed by atoms with Crippen LogP contribution in [0.4, 0.5) is 0 Å². The van der Waals surface area contributed by atoms with E-state index in [0.717, 1.165) is 10.6 Å². The molecule has 4 heteroatoms. The average Bonchev–Trinajstić information content (AvgIpc) is 2.75. The van der Waals surface area contributed by atoms with Crippen molar-refractivity contribution in [3.63, 3.8) is 0 Å². The molecule has 1 unspecified atom stereocenters. The van der Waals surface area contributed by atoms with Gasteiger partial charge in [-0.2, -0.15) is 5.26 Å². The molecule has 1 aromatic heterocycles. The number of hydrogen-bond acceptors (Lipinski definition) is 3. The van der Waals surface area contributed by atoms with E-state index in [0.29, 0.717) is 0 Å². The molecule has 0 N–H and O–H groups in total. The standard InChI is InChI=1S/C14H18N2OS/c1-10(2)13(17)8-14(18-4)11(9-15)12-6-5-7-16(12)3/h5-8,10-11H,1-4H3/b14-8+. The minimum Gasteiger partial charge on any atom is -0.353 e. The highest BCUT2D eigenvalue weighted by Crippen LogP contribution is 2.31. The van der Waals surface area contributed by atoms with Gasteiger partial charge in [-0.1, -0.05) is 13.8 Å². The first-order valence-electron chi connectivity index (χ1n) is 5.81. The van der Waals surface area contributed by atoms with E-state index >= 15 is 0 Å². The predicted octanol–water partition coefficient (Wildman–Crippen LogP) is 3.10. The van der Waals surface area contributed by atoms with Crippen molar-refractivity contribution in [3.05, 3.63) is 35.0 Å². The topological polar surface area (TPSA) is 45.8 Å². The zero-order valence-electron chi connectivity index (χ0n) is 11.2. The molecule has 0 saturated heterocycles. The summed E-state index contributed by atoms with van der Waals surface area (Å²) >= 11 is 1.46. The van der Waals surface area contributed by atoms with Gasteiger partial charge in [0.25, 0.3) is 0 Å². The van der Waals surface area contributed by atoms with Gasteiger partial charge in [-0.15, -0.1) is 11.8 Å². The quantitative estimate of drug-likeness (QED) is 0.766. The molecule has 1 rings (SSSR count). The minimum absolute atomic E-state index is 0.0418. The van der Waals surface area contributed by atoms with Crippen LogP contribution in [-0.2, 0) is 11.8 Å². The van der Waals surface area contributed by atoms with E-state index in [2.05, 4.69) is 6.07 Å². The van der Waals surface area contributed by atoms with Gasteiger partial charge >= 0.3 is 0 Å². The normalized spacial score (nSPS) is 13.4. The first-order chi connectivity index (χ1) is 8.51. The maximum absolute atomic E-state index is 11.8. The van der Waals surface area contributed by atoms with E-state index < -0.39 is 0 Å². The molecule has 0 saturated carbocycles. The van der Waals surface area contributed by atoms with Gasteiger partial charge in [0, 0.05) is 29.8 Å². The SMILES string of the molecule is CS/C(=C/C(=O)C(C)C)C(C#N)c1cccn1C. The molecule has 1 atom stereocenters. The number of thioether (sulfide) groups is 1. The van der Waals surface area contributed by atoms with Gasteiger partial charge in [0.1, 0.15) is 5.92 Å². The molecule has 0 aliphatic heterocycles. The zero-order chi connectivity index (χ0) is 13.7. The Morgan fingerprint density at radius 3 is 2.61 bits per heavy atom. The Morgan fingerprint density at radius 1 is 1.56 bits per heavy atom. The summed E-state index contributed by atoms with van der Waals surface area (Å²) in [7, 11) is 1.90. The molecule has 3 nitrogen and oxygen atoms in total. The van der Waals surface area contributed by atoms with Crippen LogP contribution in [0.1, 0.15) is 25.5 Å². The van der Waals surface area contributed by atoms with E-state index in [4.69, 9.17) is 0 Å². The third-order valence-electron chi connectivity index (χ3n) is 2.78. The number of carbonyl (C=O) groups excluding carboxylic acids is 1. The van der Waals surface area contributed by atoms with Crippen molar-refractivity contribution in [2.24, 2.45) is 13.0 Å². The van der Waals surface area contributed by atoms with Crippen molar-refractivity contribution in [1.82, 2.24) is 4.57 Å². The molecule has 1 heterocycles. The van der Waals surface area contributed by atoms with Crippen LogP contribution in [0.25, 0.3) is 0 Å². The van der Waals surface area contributed by atoms with Gasteiger partial charge in [-0.3, -0.25) is 4.79 Å². The van der Waals surface area contributed by atoms with Gasteiger partial charge < -0.3 is 4.57 Å². The first-order valence-corrected chi connectivity index (χ1v) is 7.04. The summed E-state index contributed by atoms with van der Waals surface area (Å²) in [5.41, 5.74) is 0.912. The molecule has 0 aliphatic rings. The highest BCUT2D eigenvalue weighted by Gasteiger charge is 2.19. The average molecular weight is 262 g/mol. The summed E-state index contributed by atoms with van der Waals surface area (Å²) < 4.78 is 1.91. The fraction of sp³-hybridized carbons (Fsp3) is 0.429. The van der Waals surface area contributed by atoms with Gasteiger partial charge in [0.15, 0.2) is 5.78 Å². The van der Waals surface area contributed by atoms with Gasteiger partial charge in [-0.05, 0) is 24.5 Å². The van der Waals surface area contributed by atoms with Gasteiger partial charge in [0.2, 0.25) is 0 Å². The second-order valence-electron chi connectivity index (χ2n) is 4.41. The van der Waals surface area contributed by atoms with E-state index in [1.165, 1.54) is 11.8 Å². The van der Waals surface area contributed by atoms with Crippen LogP contribution >= 0.6 is 11.8 Å². The monoisotopic (exact) mass is 262 g/mol. The highest BCUT2D eigenvalue weighted by molar-refractivity contribution is 8.02. The van der Waals surface area contributed by atoms with Crippen molar-refractivity contribution >= 4 is 17.5 Å². The lowest BCUT2D eigenvalue weighted by Gasteiger charge is -2.13. The summed E-state index contributed by atoms with van der Waals surface area (Å²) in [4.78, 5) is 12.6. The van der Waals surface area contributed by atoms with Crippen LogP contribution in [-0.4, -0.2) is 16.6 Å². The van der Waals surface area contributed by atoms with Crippen LogP contribution in [0, 0.1) is 17.2 Å². The largest absolute Gasteiger partial charge is 0.353 e. The summed E-state index contributed by atoms with van der Waals surface area (Å²) in [5, 5.41) is 9.35. The lowest BCUT2D eigenvalue weighted by Crippen LogP contribution is -2.08. The molecule has 0 amide bonds. The number of nitriles is 1. The highest BCUT2D eigenvalue weighted by atomic mass is 32.2. The van der Waals surface area contributed by atoms with Crippen molar-refractivity contribution < 1.29 is 4.79 Å². The third kappa shape index (κ3) is 3.27. The summed E-state index contributed by atoms with van der Waals surface area (Å²) in [5.74, 6) is -0.351. The van der Waals surface area contributed by atoms with E-state index in [1.807, 2.05) is 50.0 Å². The number of hydrogen-bond donors (Lipinski definition) is 0. The second-order valence-corrected chi connectivity index (χ2v) is 5.29. The van der Waals surface area contributed by atoms with E-state index in [-0.39, 0.29) is 17.6 Å². The summed E-state index contributed by atoms with van der Waals surface area (Å²) in [6.07, 6.45) is 5.41. The number of aryl methyl sites for hydroxylation is 1. The fourth-order valence-electron chi connectivity index (χ4n) is 1.62. The van der Waals surface area contributed by atoms with E-state index in [9.17, 15) is 10.1 Å². The van der Waals surface area contributed by atoms with Crippen molar-refractivity contribution in [2.75, 3.05) is 6.26 Å². The summed E-state index contributed by atoms with van der Waals surface area (Å²) in [6.45, 7) is 3.72. The Kier molecular flexibility index (Phi) is 5.24. The molecular weight excluding hydrogens is 244 g/mol. The Hall–Kier alpha value is -1.47. The van der Waals surface area contributed by atoms with E-state index in [1.54, 1.807) is 6.08 Å². The van der Waals surface area contributed by atoms with Crippen LogP contribution in [0.3, 0.4) is 0 Å². The molecule has 0 aromatic carbocycles. The number of aromatic nitrogens is 1. The zero-order valence-corrected chi connectivity index (χ0v) is 12.0. The lowest BCUT2D eigenvalue weighted by atomic mass is 10.0. The number of allylic oxidation sites excluding steroid dienone is 2. The molecule has 0 radical (unpaired) electrons. The fourth-order valence-corrected chi connectivity index (χ4v) is 2.26. The van der Waals surface area contributed by atoms with Gasteiger partial charge in [-0.25, -0.2) is 0 Å². The predicted molar refractivity (Wildman–Crippen MR) is 75.2 cm³/mol. The smallest absolute Gasteiger partial charge is 0.159 e. The molecule has 96 valence electrons. The second kappa shape index (κ2) is 6.46. The molecule has 18 heavy (non-hydrogen) atoms. The molecular formula is C14H18N2OS. The van der Waals surface area contributed by atoms with Crippen LogP contribution in [0.5, 0.6) is 0 Å². The maximum atomic E-state index is 11.8. The minimum atomic E-state index is -0.373. The third-order valence-corrected chi connectivity index (χ3v) is 3.61. The maximum Gasteiger partial charge on any atom is 0.159 e. The Labute approximate surface area is 112 Å². The molecule has 0 aliphatic carbocycles. The van der Waals surface area contributed by atoms with Crippen molar-refractivity contribution in [2.45, 2.75) is 19.8 Å². The Morgan fingerprint density at radius 2 is 2.22 bits per heavy atom. The Bertz CT molecular complexity index is 494. The number of rotatable bonds is 5. The first kappa shape index (κ1) is 14.6. The van der Waals surface area contributed by atoms with Crippen LogP contribution < -0.4 is 0 Å². The number of carbonyl (C=O) groups is 1. The molecule has 0 bridgehead atoms. The molecule has 0 spiro atoms.